The molecule has 0 heterocycles. The van der Waals surface area contributed by atoms with Crippen molar-refractivity contribution < 1.29 is 10.2 Å². The third-order valence-corrected chi connectivity index (χ3v) is 5.35. The van der Waals surface area contributed by atoms with Crippen molar-refractivity contribution in [2.75, 3.05) is 0 Å². The molecule has 0 aliphatic rings. The minimum atomic E-state index is 0.286. The van der Waals surface area contributed by atoms with Crippen LogP contribution in [0.4, 0.5) is 0 Å². The normalized spacial score (nSPS) is 10.4. The van der Waals surface area contributed by atoms with Crippen LogP contribution >= 0.6 is 31.9 Å². The van der Waals surface area contributed by atoms with Crippen molar-refractivity contribution in [1.82, 2.24) is 0 Å². The van der Waals surface area contributed by atoms with Crippen molar-refractivity contribution in [3.63, 3.8) is 0 Å². The fraction of sp³-hybridized carbons (Fsp3) is 0. The zero-order valence-electron chi connectivity index (χ0n) is 12.6. The highest BCUT2D eigenvalue weighted by atomic mass is 79.9. The molecular formula is C20H14Br2O2. The van der Waals surface area contributed by atoms with Crippen molar-refractivity contribution >= 4 is 53.4 Å². The van der Waals surface area contributed by atoms with Crippen molar-refractivity contribution in [2.24, 2.45) is 0 Å². The number of phenolic OH excluding ortho intramolecular Hbond substituents is 2. The summed E-state index contributed by atoms with van der Waals surface area (Å²) in [7, 11) is 0. The largest absolute Gasteiger partial charge is 0.507 e. The topological polar surface area (TPSA) is 40.5 Å². The molecule has 0 fully saturated rings. The van der Waals surface area contributed by atoms with E-state index in [1.165, 1.54) is 0 Å². The van der Waals surface area contributed by atoms with E-state index in [0.717, 1.165) is 30.5 Å². The molecule has 4 rings (SSSR count). The third-order valence-electron chi connectivity index (χ3n) is 3.69. The van der Waals surface area contributed by atoms with Gasteiger partial charge < -0.3 is 10.2 Å². The van der Waals surface area contributed by atoms with E-state index in [9.17, 15) is 10.2 Å². The van der Waals surface area contributed by atoms with Crippen LogP contribution in [-0.2, 0) is 0 Å². The molecular weight excluding hydrogens is 432 g/mol. The van der Waals surface area contributed by atoms with E-state index in [2.05, 4.69) is 31.9 Å². The van der Waals surface area contributed by atoms with Crippen molar-refractivity contribution in [1.29, 1.82) is 0 Å². The van der Waals surface area contributed by atoms with Crippen LogP contribution in [-0.4, -0.2) is 10.2 Å². The van der Waals surface area contributed by atoms with Crippen LogP contribution in [0.15, 0.2) is 81.7 Å². The monoisotopic (exact) mass is 444 g/mol. The Balaban J connectivity index is 0.000000141. The first-order chi connectivity index (χ1) is 11.6. The summed E-state index contributed by atoms with van der Waals surface area (Å²) in [6, 6.07) is 23.0. The van der Waals surface area contributed by atoms with E-state index in [1.54, 1.807) is 12.1 Å². The lowest BCUT2D eigenvalue weighted by molar-refractivity contribution is 0.472. The average Bonchev–Trinajstić information content (AvgIpc) is 2.62. The molecule has 0 amide bonds. The molecule has 4 heteroatoms. The third kappa shape index (κ3) is 3.40. The van der Waals surface area contributed by atoms with Crippen LogP contribution in [0.3, 0.4) is 0 Å². The second-order valence-electron chi connectivity index (χ2n) is 5.24. The van der Waals surface area contributed by atoms with Gasteiger partial charge in [0.15, 0.2) is 0 Å². The minimum Gasteiger partial charge on any atom is -0.507 e. The van der Waals surface area contributed by atoms with E-state index in [1.807, 2.05) is 60.7 Å². The molecule has 24 heavy (non-hydrogen) atoms. The van der Waals surface area contributed by atoms with Gasteiger partial charge in [0.25, 0.3) is 0 Å². The number of rotatable bonds is 0. The van der Waals surface area contributed by atoms with Gasteiger partial charge in [0.2, 0.25) is 0 Å². The van der Waals surface area contributed by atoms with Crippen LogP contribution in [0.5, 0.6) is 11.5 Å². The highest BCUT2D eigenvalue weighted by molar-refractivity contribution is 9.11. The Labute approximate surface area is 156 Å². The summed E-state index contributed by atoms with van der Waals surface area (Å²) in [6.45, 7) is 0. The molecule has 0 spiro atoms. The summed E-state index contributed by atoms with van der Waals surface area (Å²) < 4.78 is 1.53. The van der Waals surface area contributed by atoms with Gasteiger partial charge >= 0.3 is 0 Å². The summed E-state index contributed by atoms with van der Waals surface area (Å²) in [4.78, 5) is 0. The fourth-order valence-corrected chi connectivity index (χ4v) is 3.43. The molecule has 0 unspecified atom stereocenters. The molecule has 120 valence electrons. The van der Waals surface area contributed by atoms with Gasteiger partial charge in [-0.15, -0.1) is 0 Å². The number of hydrogen-bond donors (Lipinski definition) is 2. The zero-order valence-corrected chi connectivity index (χ0v) is 15.8. The highest BCUT2D eigenvalue weighted by Crippen LogP contribution is 2.32. The van der Waals surface area contributed by atoms with Gasteiger partial charge in [0.1, 0.15) is 11.5 Å². The molecule has 4 aromatic carbocycles. The number of phenols is 2. The first-order valence-electron chi connectivity index (χ1n) is 7.30. The number of benzene rings is 4. The van der Waals surface area contributed by atoms with Gasteiger partial charge in [-0.2, -0.15) is 0 Å². The Kier molecular flexibility index (Phi) is 5.07. The van der Waals surface area contributed by atoms with E-state index in [4.69, 9.17) is 0 Å². The lowest BCUT2D eigenvalue weighted by Gasteiger charge is -2.01. The van der Waals surface area contributed by atoms with Gasteiger partial charge in [-0.1, -0.05) is 60.7 Å². The molecule has 2 N–H and O–H groups in total. The predicted molar refractivity (Wildman–Crippen MR) is 107 cm³/mol. The average molecular weight is 446 g/mol. The van der Waals surface area contributed by atoms with E-state index in [0.29, 0.717) is 0 Å². The van der Waals surface area contributed by atoms with Gasteiger partial charge in [-0.3, -0.25) is 0 Å². The van der Waals surface area contributed by atoms with Gasteiger partial charge in [0, 0.05) is 0 Å². The molecule has 0 aliphatic carbocycles. The molecule has 4 aromatic rings. The Morgan fingerprint density at radius 3 is 1.29 bits per heavy atom. The standard InChI is InChI=1S/2C10H7BrO/c2*11-10-8-4-2-1-3-7(8)5-6-9(10)12/h2*1-6,12H. The van der Waals surface area contributed by atoms with Crippen LogP contribution in [0, 0.1) is 0 Å². The number of aromatic hydroxyl groups is 2. The Morgan fingerprint density at radius 1 is 0.500 bits per heavy atom. The maximum absolute atomic E-state index is 9.37. The Bertz CT molecular complexity index is 929. The Hall–Kier alpha value is -2.04. The summed E-state index contributed by atoms with van der Waals surface area (Å²) in [5, 5.41) is 23.1. The summed E-state index contributed by atoms with van der Waals surface area (Å²) in [5.41, 5.74) is 0. The van der Waals surface area contributed by atoms with Gasteiger partial charge in [-0.25, -0.2) is 0 Å². The van der Waals surface area contributed by atoms with Crippen LogP contribution in [0.1, 0.15) is 0 Å². The maximum atomic E-state index is 9.37. The quantitative estimate of drug-likeness (QED) is 0.319. The maximum Gasteiger partial charge on any atom is 0.130 e. The van der Waals surface area contributed by atoms with Crippen LogP contribution < -0.4 is 0 Å². The number of fused-ring (bicyclic) bond motifs is 2. The van der Waals surface area contributed by atoms with Crippen molar-refractivity contribution in [3.8, 4) is 11.5 Å². The molecule has 0 saturated carbocycles. The Morgan fingerprint density at radius 2 is 0.875 bits per heavy atom. The smallest absolute Gasteiger partial charge is 0.130 e. The molecule has 0 aliphatic heterocycles. The van der Waals surface area contributed by atoms with E-state index < -0.39 is 0 Å². The first-order valence-corrected chi connectivity index (χ1v) is 8.89. The van der Waals surface area contributed by atoms with Crippen molar-refractivity contribution in [2.45, 2.75) is 0 Å². The molecule has 0 saturated heterocycles. The van der Waals surface area contributed by atoms with Crippen LogP contribution in [0.25, 0.3) is 21.5 Å². The zero-order chi connectivity index (χ0) is 17.1. The lowest BCUT2D eigenvalue weighted by atomic mass is 10.1. The molecule has 0 radical (unpaired) electrons. The summed E-state index contributed by atoms with van der Waals surface area (Å²) in [6.07, 6.45) is 0. The van der Waals surface area contributed by atoms with Gasteiger partial charge in [-0.05, 0) is 65.5 Å². The van der Waals surface area contributed by atoms with Gasteiger partial charge in [0.05, 0.1) is 8.95 Å². The predicted octanol–water partition coefficient (Wildman–Crippen LogP) is 6.62. The SMILES string of the molecule is Oc1ccc2ccccc2c1Br.Oc1ccc2ccccc2c1Br. The van der Waals surface area contributed by atoms with Crippen LogP contribution in [0.2, 0.25) is 0 Å². The minimum absolute atomic E-state index is 0.286. The molecule has 2 nitrogen and oxygen atoms in total. The van der Waals surface area contributed by atoms with Crippen molar-refractivity contribution in [3.05, 3.63) is 81.7 Å². The fourth-order valence-electron chi connectivity index (χ4n) is 2.44. The lowest BCUT2D eigenvalue weighted by Crippen LogP contribution is -1.74. The van der Waals surface area contributed by atoms with E-state index in [-0.39, 0.29) is 11.5 Å². The summed E-state index contributed by atoms with van der Waals surface area (Å²) in [5.74, 6) is 0.572. The molecule has 0 aromatic heterocycles. The number of hydrogen-bond acceptors (Lipinski definition) is 2. The van der Waals surface area contributed by atoms with E-state index >= 15 is 0 Å². The summed E-state index contributed by atoms with van der Waals surface area (Å²) >= 11 is 6.66. The first kappa shape index (κ1) is 16.8. The highest BCUT2D eigenvalue weighted by Gasteiger charge is 2.02. The molecule has 0 bridgehead atoms. The second-order valence-corrected chi connectivity index (χ2v) is 6.83. The second kappa shape index (κ2) is 7.24. The number of halogens is 2. The molecule has 0 atom stereocenters.